The van der Waals surface area contributed by atoms with Gasteiger partial charge in [0.25, 0.3) is 0 Å². The van der Waals surface area contributed by atoms with Crippen LogP contribution in [-0.4, -0.2) is 23.1 Å². The number of rotatable bonds is 2. The van der Waals surface area contributed by atoms with E-state index in [9.17, 15) is 5.26 Å². The minimum absolute atomic E-state index is 0.0746. The zero-order chi connectivity index (χ0) is 16.4. The van der Waals surface area contributed by atoms with Gasteiger partial charge in [0.05, 0.1) is 5.69 Å². The Bertz CT molecular complexity index is 739. The van der Waals surface area contributed by atoms with Crippen molar-refractivity contribution in [3.63, 3.8) is 0 Å². The maximum atomic E-state index is 9.28. The van der Waals surface area contributed by atoms with Crippen molar-refractivity contribution in [2.24, 2.45) is 5.92 Å². The molecule has 0 saturated carbocycles. The third-order valence-corrected chi connectivity index (χ3v) is 4.36. The van der Waals surface area contributed by atoms with Crippen molar-refractivity contribution in [1.82, 2.24) is 9.97 Å². The van der Waals surface area contributed by atoms with E-state index in [1.165, 1.54) is 18.5 Å². The summed E-state index contributed by atoms with van der Waals surface area (Å²) in [5.41, 5.74) is 14.2. The summed E-state index contributed by atoms with van der Waals surface area (Å²) in [5.74, 6) is 0.991. The van der Waals surface area contributed by atoms with Crippen molar-refractivity contribution in [3.8, 4) is 17.3 Å². The molecule has 118 valence electrons. The Kier molecular flexibility index (Phi) is 4.02. The highest BCUT2D eigenvalue weighted by Gasteiger charge is 2.17. The summed E-state index contributed by atoms with van der Waals surface area (Å²) >= 11 is 0. The molecule has 1 aliphatic rings. The van der Waals surface area contributed by atoms with Gasteiger partial charge in [-0.25, -0.2) is 4.98 Å². The van der Waals surface area contributed by atoms with Crippen LogP contribution in [0.25, 0.3) is 11.3 Å². The van der Waals surface area contributed by atoms with Crippen molar-refractivity contribution >= 4 is 17.5 Å². The molecule has 1 saturated heterocycles. The number of nitrogens with two attached hydrogens (primary N) is 2. The van der Waals surface area contributed by atoms with Gasteiger partial charge in [0, 0.05) is 24.3 Å². The molecule has 0 aliphatic carbocycles. The second-order valence-electron chi connectivity index (χ2n) is 6.02. The maximum absolute atomic E-state index is 9.28. The predicted molar refractivity (Wildman–Crippen MR) is 91.6 cm³/mol. The number of benzene rings is 1. The van der Waals surface area contributed by atoms with E-state index in [0.29, 0.717) is 5.69 Å². The Morgan fingerprint density at radius 3 is 2.39 bits per heavy atom. The average molecular weight is 308 g/mol. The highest BCUT2D eigenvalue weighted by atomic mass is 15.1. The van der Waals surface area contributed by atoms with Crippen LogP contribution in [-0.2, 0) is 0 Å². The zero-order valence-electron chi connectivity index (χ0n) is 13.2. The molecule has 4 N–H and O–H groups in total. The SMILES string of the molecule is CC1CCN(c2ccc(-c3nc(N)nc(N)c3C#N)cc2)CC1. The molecule has 23 heavy (non-hydrogen) atoms. The smallest absolute Gasteiger partial charge is 0.222 e. The van der Waals surface area contributed by atoms with Gasteiger partial charge in [0.15, 0.2) is 0 Å². The molecule has 0 unspecified atom stereocenters. The number of nitrogens with zero attached hydrogens (tertiary/aromatic N) is 4. The lowest BCUT2D eigenvalue weighted by Gasteiger charge is -2.32. The van der Waals surface area contributed by atoms with E-state index < -0.39 is 0 Å². The van der Waals surface area contributed by atoms with Gasteiger partial charge < -0.3 is 16.4 Å². The first-order valence-electron chi connectivity index (χ1n) is 7.77. The van der Waals surface area contributed by atoms with Crippen LogP contribution in [0.5, 0.6) is 0 Å². The number of anilines is 3. The number of piperidine rings is 1. The first-order chi connectivity index (χ1) is 11.1. The summed E-state index contributed by atoms with van der Waals surface area (Å²) in [6.45, 7) is 4.46. The van der Waals surface area contributed by atoms with Gasteiger partial charge in [-0.05, 0) is 30.9 Å². The highest BCUT2D eigenvalue weighted by molar-refractivity contribution is 5.74. The fraction of sp³-hybridized carbons (Fsp3) is 0.353. The van der Waals surface area contributed by atoms with Crippen LogP contribution in [0.2, 0.25) is 0 Å². The molecule has 3 rings (SSSR count). The molecule has 0 bridgehead atoms. The second-order valence-corrected chi connectivity index (χ2v) is 6.02. The molecule has 1 aromatic heterocycles. The lowest BCUT2D eigenvalue weighted by molar-refractivity contribution is 0.438. The van der Waals surface area contributed by atoms with Gasteiger partial charge in [-0.15, -0.1) is 0 Å². The molecule has 6 nitrogen and oxygen atoms in total. The molecule has 0 atom stereocenters. The van der Waals surface area contributed by atoms with Gasteiger partial charge in [0.1, 0.15) is 17.5 Å². The van der Waals surface area contributed by atoms with Crippen LogP contribution in [0.3, 0.4) is 0 Å². The summed E-state index contributed by atoms with van der Waals surface area (Å²) < 4.78 is 0. The van der Waals surface area contributed by atoms with Crippen LogP contribution in [0.15, 0.2) is 24.3 Å². The lowest BCUT2D eigenvalue weighted by atomic mass is 9.98. The van der Waals surface area contributed by atoms with E-state index in [1.54, 1.807) is 0 Å². The second kappa shape index (κ2) is 6.13. The number of aromatic nitrogens is 2. The fourth-order valence-corrected chi connectivity index (χ4v) is 2.91. The van der Waals surface area contributed by atoms with Crippen LogP contribution in [0.4, 0.5) is 17.5 Å². The van der Waals surface area contributed by atoms with Crippen LogP contribution in [0.1, 0.15) is 25.3 Å². The lowest BCUT2D eigenvalue weighted by Crippen LogP contribution is -2.32. The number of nitrogen functional groups attached to an aromatic ring is 2. The Labute approximate surface area is 135 Å². The van der Waals surface area contributed by atoms with Crippen molar-refractivity contribution in [2.45, 2.75) is 19.8 Å². The molecule has 2 heterocycles. The van der Waals surface area contributed by atoms with Crippen LogP contribution < -0.4 is 16.4 Å². The quantitative estimate of drug-likeness (QED) is 0.882. The highest BCUT2D eigenvalue weighted by Crippen LogP contribution is 2.28. The van der Waals surface area contributed by atoms with E-state index in [2.05, 4.69) is 40.0 Å². The largest absolute Gasteiger partial charge is 0.382 e. The molecule has 0 spiro atoms. The van der Waals surface area contributed by atoms with Crippen molar-refractivity contribution < 1.29 is 0 Å². The molecule has 2 aromatic rings. The third kappa shape index (κ3) is 3.04. The van der Waals surface area contributed by atoms with Gasteiger partial charge >= 0.3 is 0 Å². The summed E-state index contributed by atoms with van der Waals surface area (Å²) in [7, 11) is 0. The molecular weight excluding hydrogens is 288 g/mol. The first-order valence-corrected chi connectivity index (χ1v) is 7.77. The fourth-order valence-electron chi connectivity index (χ4n) is 2.91. The van der Waals surface area contributed by atoms with Crippen LogP contribution in [0, 0.1) is 17.2 Å². The molecule has 0 radical (unpaired) electrons. The predicted octanol–water partition coefficient (Wildman–Crippen LogP) is 2.42. The number of hydrogen-bond acceptors (Lipinski definition) is 6. The summed E-state index contributed by atoms with van der Waals surface area (Å²) in [5, 5.41) is 9.28. The minimum Gasteiger partial charge on any atom is -0.382 e. The van der Waals surface area contributed by atoms with E-state index in [0.717, 1.165) is 24.6 Å². The normalized spacial score (nSPS) is 15.4. The van der Waals surface area contributed by atoms with Gasteiger partial charge in [-0.3, -0.25) is 0 Å². The molecule has 0 amide bonds. The average Bonchev–Trinajstić information content (AvgIpc) is 2.55. The Morgan fingerprint density at radius 1 is 1.13 bits per heavy atom. The number of hydrogen-bond donors (Lipinski definition) is 2. The summed E-state index contributed by atoms with van der Waals surface area (Å²) in [6, 6.07) is 10.1. The van der Waals surface area contributed by atoms with Crippen LogP contribution >= 0.6 is 0 Å². The van der Waals surface area contributed by atoms with Gasteiger partial charge in [-0.2, -0.15) is 10.2 Å². The Morgan fingerprint density at radius 2 is 1.78 bits per heavy atom. The number of nitriles is 1. The van der Waals surface area contributed by atoms with E-state index in [-0.39, 0.29) is 17.3 Å². The first kappa shape index (κ1) is 15.1. The Balaban J connectivity index is 1.90. The minimum atomic E-state index is 0.0746. The molecule has 6 heteroatoms. The molecule has 1 fully saturated rings. The topological polar surface area (TPSA) is 105 Å². The van der Waals surface area contributed by atoms with E-state index in [4.69, 9.17) is 11.5 Å². The summed E-state index contributed by atoms with van der Waals surface area (Å²) in [4.78, 5) is 10.4. The van der Waals surface area contributed by atoms with Crippen molar-refractivity contribution in [1.29, 1.82) is 5.26 Å². The molecule has 1 aromatic carbocycles. The third-order valence-electron chi connectivity index (χ3n) is 4.36. The van der Waals surface area contributed by atoms with E-state index >= 15 is 0 Å². The van der Waals surface area contributed by atoms with Gasteiger partial charge in [-0.1, -0.05) is 19.1 Å². The van der Waals surface area contributed by atoms with Crippen molar-refractivity contribution in [2.75, 3.05) is 29.5 Å². The zero-order valence-corrected chi connectivity index (χ0v) is 13.2. The Hall–Kier alpha value is -2.81. The summed E-state index contributed by atoms with van der Waals surface area (Å²) in [6.07, 6.45) is 2.44. The maximum Gasteiger partial charge on any atom is 0.222 e. The molecular formula is C17H20N6. The molecule has 1 aliphatic heterocycles. The standard InChI is InChI=1S/C17H20N6/c1-11-6-8-23(9-7-11)13-4-2-12(3-5-13)15-14(10-18)16(19)22-17(20)21-15/h2-5,11H,6-9H2,1H3,(H4,19,20,21,22). The van der Waals surface area contributed by atoms with Gasteiger partial charge in [0.2, 0.25) is 5.95 Å². The van der Waals surface area contributed by atoms with Crippen molar-refractivity contribution in [3.05, 3.63) is 29.8 Å². The van der Waals surface area contributed by atoms with E-state index in [1.807, 2.05) is 12.1 Å². The monoisotopic (exact) mass is 308 g/mol.